The minimum Gasteiger partial charge on any atom is -0.394 e. The third-order valence-corrected chi connectivity index (χ3v) is 14.9. The molecular formula is C73H123NO8. The van der Waals surface area contributed by atoms with Crippen molar-refractivity contribution in [2.75, 3.05) is 13.2 Å². The molecule has 0 aromatic rings. The second-order valence-corrected chi connectivity index (χ2v) is 22.5. The Hall–Kier alpha value is -3.67. The van der Waals surface area contributed by atoms with Crippen molar-refractivity contribution in [1.29, 1.82) is 0 Å². The Kier molecular flexibility index (Phi) is 56.3. The number of allylic oxidation sites excluding steroid dienone is 21. The number of nitrogens with one attached hydrogen (secondary N) is 1. The maximum atomic E-state index is 13.1. The van der Waals surface area contributed by atoms with E-state index >= 15 is 0 Å². The fraction of sp³-hybridized carbons (Fsp3) is 0.685. The van der Waals surface area contributed by atoms with E-state index < -0.39 is 49.5 Å². The summed E-state index contributed by atoms with van der Waals surface area (Å²) < 4.78 is 11.3. The zero-order chi connectivity index (χ0) is 59.3. The van der Waals surface area contributed by atoms with Crippen LogP contribution in [0, 0.1) is 0 Å². The van der Waals surface area contributed by atoms with Crippen LogP contribution in [0.15, 0.2) is 134 Å². The van der Waals surface area contributed by atoms with Crippen molar-refractivity contribution in [3.63, 3.8) is 0 Å². The molecule has 0 spiro atoms. The lowest BCUT2D eigenvalue weighted by Gasteiger charge is -2.40. The molecule has 1 fully saturated rings. The first-order valence-corrected chi connectivity index (χ1v) is 33.4. The van der Waals surface area contributed by atoms with Crippen LogP contribution in [0.3, 0.4) is 0 Å². The third-order valence-electron chi connectivity index (χ3n) is 14.9. The quantitative estimate of drug-likeness (QED) is 0.0261. The highest BCUT2D eigenvalue weighted by molar-refractivity contribution is 5.76. The number of unbranched alkanes of at least 4 members (excludes halogenated alkanes) is 26. The number of rotatable bonds is 56. The Morgan fingerprint density at radius 3 is 1.17 bits per heavy atom. The van der Waals surface area contributed by atoms with E-state index in [-0.39, 0.29) is 12.5 Å². The van der Waals surface area contributed by atoms with Crippen LogP contribution < -0.4 is 5.32 Å². The minimum atomic E-state index is -1.58. The highest BCUT2D eigenvalue weighted by Gasteiger charge is 2.44. The zero-order valence-corrected chi connectivity index (χ0v) is 52.2. The molecule has 468 valence electrons. The van der Waals surface area contributed by atoms with Gasteiger partial charge in [-0.2, -0.15) is 0 Å². The lowest BCUT2D eigenvalue weighted by atomic mass is 9.99. The Morgan fingerprint density at radius 2 is 0.768 bits per heavy atom. The van der Waals surface area contributed by atoms with Gasteiger partial charge in [0.15, 0.2) is 6.29 Å². The molecule has 9 nitrogen and oxygen atoms in total. The van der Waals surface area contributed by atoms with Gasteiger partial charge in [-0.1, -0.05) is 282 Å². The van der Waals surface area contributed by atoms with E-state index in [0.717, 1.165) is 103 Å². The Morgan fingerprint density at radius 1 is 0.427 bits per heavy atom. The first kappa shape index (κ1) is 76.3. The molecule has 1 saturated heterocycles. The monoisotopic (exact) mass is 1140 g/mol. The van der Waals surface area contributed by atoms with Gasteiger partial charge in [0.05, 0.1) is 25.4 Å². The molecule has 9 heteroatoms. The molecule has 0 aromatic heterocycles. The summed E-state index contributed by atoms with van der Waals surface area (Å²) in [4.78, 5) is 13.1. The van der Waals surface area contributed by atoms with E-state index in [9.17, 15) is 30.3 Å². The molecule has 0 radical (unpaired) electrons. The zero-order valence-electron chi connectivity index (χ0n) is 52.2. The van der Waals surface area contributed by atoms with Gasteiger partial charge >= 0.3 is 0 Å². The Labute approximate surface area is 502 Å². The highest BCUT2D eigenvalue weighted by Crippen LogP contribution is 2.23. The van der Waals surface area contributed by atoms with Crippen molar-refractivity contribution in [2.24, 2.45) is 0 Å². The van der Waals surface area contributed by atoms with Crippen molar-refractivity contribution < 1.29 is 39.8 Å². The number of hydrogen-bond acceptors (Lipinski definition) is 8. The summed E-state index contributed by atoms with van der Waals surface area (Å²) in [6, 6.07) is -0.836. The average Bonchev–Trinajstić information content (AvgIpc) is 3.57. The Bertz CT molecular complexity index is 1750. The summed E-state index contributed by atoms with van der Waals surface area (Å²) in [7, 11) is 0. The first-order valence-electron chi connectivity index (χ1n) is 33.4. The standard InChI is InChI=1S/C73H123NO8/c1-3-5-7-9-11-13-15-17-19-21-23-24-25-26-27-28-29-30-31-32-33-34-35-36-37-38-39-40-41-42-43-44-45-47-49-51-53-55-57-59-61-63-69(77)74-66(65-81-73-72(80)71(79)70(78)68(64-75)82-73)67(76)62-60-58-56-54-52-50-48-46-22-20-18-16-14-12-10-8-6-4-2/h5,7,11,13,17,19,22-24,26-27,29-30,32-33,35-36,46,52,54,60,62,66-68,70-73,75-76,78-80H,3-4,6,8-10,12,14-16,18,20-21,25,28,31,34,37-45,47-51,53,55-59,61,63-65H2,1-2H3,(H,74,77)/b7-5-,13-11-,19-17-,24-23-,27-26-,30-29-,33-32-,36-35-,46-22+,54-52+,62-60+. The molecule has 7 unspecified atom stereocenters. The van der Waals surface area contributed by atoms with Crippen molar-refractivity contribution in [2.45, 2.75) is 307 Å². The van der Waals surface area contributed by atoms with Gasteiger partial charge in [0, 0.05) is 6.42 Å². The van der Waals surface area contributed by atoms with E-state index in [0.29, 0.717) is 6.42 Å². The fourth-order valence-corrected chi connectivity index (χ4v) is 9.73. The maximum Gasteiger partial charge on any atom is 0.220 e. The van der Waals surface area contributed by atoms with Crippen molar-refractivity contribution >= 4 is 5.91 Å². The normalized spacial score (nSPS) is 19.2. The Balaban J connectivity index is 2.12. The van der Waals surface area contributed by atoms with Crippen LogP contribution in [-0.4, -0.2) is 87.5 Å². The second kappa shape index (κ2) is 60.5. The minimum absolute atomic E-state index is 0.194. The summed E-state index contributed by atoms with van der Waals surface area (Å²) in [5.41, 5.74) is 0. The molecular weight excluding hydrogens is 1020 g/mol. The molecule has 0 saturated carbocycles. The van der Waals surface area contributed by atoms with E-state index in [1.165, 1.54) is 141 Å². The molecule has 1 rings (SSSR count). The van der Waals surface area contributed by atoms with Gasteiger partial charge in [0.2, 0.25) is 5.91 Å². The highest BCUT2D eigenvalue weighted by atomic mass is 16.7. The molecule has 0 aliphatic carbocycles. The van der Waals surface area contributed by atoms with Crippen LogP contribution >= 0.6 is 0 Å². The molecule has 1 heterocycles. The van der Waals surface area contributed by atoms with Crippen molar-refractivity contribution in [3.8, 4) is 0 Å². The topological polar surface area (TPSA) is 149 Å². The number of aliphatic hydroxyl groups excluding tert-OH is 5. The molecule has 6 N–H and O–H groups in total. The van der Waals surface area contributed by atoms with Gasteiger partial charge in [-0.25, -0.2) is 0 Å². The summed E-state index contributed by atoms with van der Waals surface area (Å²) in [5, 5.41) is 54.6. The fourth-order valence-electron chi connectivity index (χ4n) is 9.73. The van der Waals surface area contributed by atoms with E-state index in [1.54, 1.807) is 6.08 Å². The first-order chi connectivity index (χ1) is 40.3. The maximum absolute atomic E-state index is 13.1. The SMILES string of the molecule is CC/C=C\C/C=C\C/C=C\C/C=C\C/C=C\C/C=C\C/C=C\C/C=C\CCCCCCCCCCCCCCCCCCC(=O)NC(COC1OC(CO)C(O)C(O)C1O)C(O)/C=C/CC/C=C/CC/C=C/CCCCCCCCCC. The van der Waals surface area contributed by atoms with Crippen LogP contribution in [0.1, 0.15) is 264 Å². The largest absolute Gasteiger partial charge is 0.394 e. The van der Waals surface area contributed by atoms with E-state index in [1.807, 2.05) is 6.08 Å². The summed E-state index contributed by atoms with van der Waals surface area (Å²) in [5.74, 6) is -0.194. The molecule has 82 heavy (non-hydrogen) atoms. The van der Waals surface area contributed by atoms with E-state index in [2.05, 4.69) is 141 Å². The number of hydrogen-bond donors (Lipinski definition) is 6. The number of carbonyl (C=O) groups is 1. The van der Waals surface area contributed by atoms with Crippen LogP contribution in [0.4, 0.5) is 0 Å². The number of amides is 1. The van der Waals surface area contributed by atoms with E-state index in [4.69, 9.17) is 9.47 Å². The predicted molar refractivity (Wildman–Crippen MR) is 350 cm³/mol. The van der Waals surface area contributed by atoms with Crippen LogP contribution in [0.5, 0.6) is 0 Å². The second-order valence-electron chi connectivity index (χ2n) is 22.5. The van der Waals surface area contributed by atoms with Crippen molar-refractivity contribution in [3.05, 3.63) is 134 Å². The van der Waals surface area contributed by atoms with Gasteiger partial charge in [0.25, 0.3) is 0 Å². The van der Waals surface area contributed by atoms with Crippen LogP contribution in [0.2, 0.25) is 0 Å². The number of ether oxygens (including phenoxy) is 2. The van der Waals surface area contributed by atoms with Crippen LogP contribution in [-0.2, 0) is 14.3 Å². The van der Waals surface area contributed by atoms with Gasteiger partial charge in [-0.3, -0.25) is 4.79 Å². The van der Waals surface area contributed by atoms with Gasteiger partial charge in [0.1, 0.15) is 24.4 Å². The third kappa shape index (κ3) is 48.7. The summed E-state index contributed by atoms with van der Waals surface area (Å²) in [6.07, 6.45) is 85.4. The molecule has 1 aliphatic rings. The smallest absolute Gasteiger partial charge is 0.220 e. The van der Waals surface area contributed by atoms with Gasteiger partial charge < -0.3 is 40.3 Å². The molecule has 1 amide bonds. The van der Waals surface area contributed by atoms with Crippen molar-refractivity contribution in [1.82, 2.24) is 5.32 Å². The number of carbonyl (C=O) groups excluding carboxylic acids is 1. The lowest BCUT2D eigenvalue weighted by molar-refractivity contribution is -0.302. The lowest BCUT2D eigenvalue weighted by Crippen LogP contribution is -2.60. The van der Waals surface area contributed by atoms with Gasteiger partial charge in [-0.05, 0) is 109 Å². The summed E-state index contributed by atoms with van der Waals surface area (Å²) in [6.45, 7) is 3.64. The molecule has 1 aliphatic heterocycles. The molecule has 0 aromatic carbocycles. The summed E-state index contributed by atoms with van der Waals surface area (Å²) >= 11 is 0. The molecule has 7 atom stereocenters. The van der Waals surface area contributed by atoms with Gasteiger partial charge in [-0.15, -0.1) is 0 Å². The van der Waals surface area contributed by atoms with Crippen LogP contribution in [0.25, 0.3) is 0 Å². The average molecular weight is 1140 g/mol. The predicted octanol–water partition coefficient (Wildman–Crippen LogP) is 18.0. The molecule has 0 bridgehead atoms. The number of aliphatic hydroxyl groups is 5.